The summed E-state index contributed by atoms with van der Waals surface area (Å²) < 4.78 is 90.3. The van der Waals surface area contributed by atoms with Crippen LogP contribution in [0, 0.1) is 5.92 Å². The predicted octanol–water partition coefficient (Wildman–Crippen LogP) is 6.33. The highest BCUT2D eigenvalue weighted by molar-refractivity contribution is 5.92. The molecule has 0 N–H and O–H groups in total. The molecular formula is C29H29F6N3O4. The summed E-state index contributed by atoms with van der Waals surface area (Å²) in [5.41, 5.74) is -1.18. The molecule has 1 atom stereocenters. The van der Waals surface area contributed by atoms with E-state index in [0.717, 1.165) is 30.5 Å². The van der Waals surface area contributed by atoms with E-state index in [9.17, 15) is 35.9 Å². The number of benzene rings is 2. The standard InChI is InChI=1S/C29H29F6N3O4/c1-2-41-27(40)21-8-5-11-38(16-21)26(39)24-18-42-25(36-24)17-37(14-19-6-3-9-22(12-19)28(30,31)32)15-20-7-4-10-23(13-20)29(33,34)35/h3-4,6-7,9-10,12-13,18,21H,2,5,8,11,14-17H2,1H3. The van der Waals surface area contributed by atoms with Crippen molar-refractivity contribution in [3.8, 4) is 0 Å². The second-order valence-electron chi connectivity index (χ2n) is 10.0. The number of hydrogen-bond acceptors (Lipinski definition) is 6. The van der Waals surface area contributed by atoms with Crippen LogP contribution in [0.15, 0.2) is 59.2 Å². The van der Waals surface area contributed by atoms with Crippen LogP contribution in [0.1, 0.15) is 58.4 Å². The number of likely N-dealkylation sites (tertiary alicyclic amines) is 1. The first kappa shape index (κ1) is 31.1. The fourth-order valence-corrected chi connectivity index (χ4v) is 4.83. The largest absolute Gasteiger partial charge is 0.466 e. The molecule has 1 unspecified atom stereocenters. The van der Waals surface area contributed by atoms with Gasteiger partial charge in [-0.05, 0) is 43.0 Å². The Morgan fingerprint density at radius 1 is 0.976 bits per heavy atom. The molecule has 1 aliphatic heterocycles. The Morgan fingerprint density at radius 2 is 1.57 bits per heavy atom. The molecule has 2 aromatic carbocycles. The molecule has 2 heterocycles. The lowest BCUT2D eigenvalue weighted by Crippen LogP contribution is -2.43. The molecule has 1 fully saturated rings. The van der Waals surface area contributed by atoms with Crippen LogP contribution in [0.2, 0.25) is 0 Å². The molecule has 13 heteroatoms. The Bertz CT molecular complexity index is 1330. The zero-order valence-corrected chi connectivity index (χ0v) is 22.7. The van der Waals surface area contributed by atoms with Gasteiger partial charge in [-0.1, -0.05) is 36.4 Å². The Hall–Kier alpha value is -3.87. The minimum atomic E-state index is -4.57. The van der Waals surface area contributed by atoms with Crippen LogP contribution >= 0.6 is 0 Å². The van der Waals surface area contributed by atoms with Gasteiger partial charge in [0.2, 0.25) is 5.89 Å². The molecule has 1 aliphatic rings. The number of nitrogens with zero attached hydrogens (tertiary/aromatic N) is 3. The zero-order chi connectivity index (χ0) is 30.5. The molecule has 0 bridgehead atoms. The van der Waals surface area contributed by atoms with E-state index in [-0.39, 0.29) is 61.5 Å². The number of alkyl halides is 6. The topological polar surface area (TPSA) is 75.9 Å². The Morgan fingerprint density at radius 3 is 2.12 bits per heavy atom. The van der Waals surface area contributed by atoms with Gasteiger partial charge in [0.1, 0.15) is 6.26 Å². The molecule has 0 saturated carbocycles. The van der Waals surface area contributed by atoms with E-state index in [1.165, 1.54) is 29.2 Å². The molecule has 7 nitrogen and oxygen atoms in total. The summed E-state index contributed by atoms with van der Waals surface area (Å²) in [6.45, 7) is 2.26. The number of halogens is 6. The lowest BCUT2D eigenvalue weighted by molar-refractivity contribution is -0.149. The van der Waals surface area contributed by atoms with E-state index >= 15 is 0 Å². The maximum absolute atomic E-state index is 13.3. The molecule has 0 radical (unpaired) electrons. The van der Waals surface area contributed by atoms with Gasteiger partial charge in [0.15, 0.2) is 5.69 Å². The van der Waals surface area contributed by atoms with Crippen molar-refractivity contribution in [1.82, 2.24) is 14.8 Å². The Balaban J connectivity index is 1.53. The van der Waals surface area contributed by atoms with E-state index in [1.807, 2.05) is 0 Å². The van der Waals surface area contributed by atoms with Crippen LogP contribution < -0.4 is 0 Å². The van der Waals surface area contributed by atoms with E-state index in [2.05, 4.69) is 4.98 Å². The van der Waals surface area contributed by atoms with Crippen molar-refractivity contribution in [3.63, 3.8) is 0 Å². The fraction of sp³-hybridized carbons (Fsp3) is 0.414. The van der Waals surface area contributed by atoms with Gasteiger partial charge in [0.25, 0.3) is 5.91 Å². The average Bonchev–Trinajstić information content (AvgIpc) is 3.40. The summed E-state index contributed by atoms with van der Waals surface area (Å²) in [5, 5.41) is 0. The van der Waals surface area contributed by atoms with Crippen molar-refractivity contribution in [3.05, 3.63) is 88.6 Å². The molecule has 1 amide bonds. The van der Waals surface area contributed by atoms with Gasteiger partial charge < -0.3 is 14.1 Å². The van der Waals surface area contributed by atoms with Gasteiger partial charge >= 0.3 is 18.3 Å². The molecule has 1 saturated heterocycles. The number of rotatable bonds is 9. The first-order valence-electron chi connectivity index (χ1n) is 13.3. The number of aromatic nitrogens is 1. The smallest absolute Gasteiger partial charge is 0.416 e. The van der Waals surface area contributed by atoms with Gasteiger partial charge in [-0.2, -0.15) is 26.3 Å². The molecule has 226 valence electrons. The number of piperidine rings is 1. The number of esters is 1. The van der Waals surface area contributed by atoms with E-state index in [4.69, 9.17) is 9.15 Å². The number of carbonyl (C=O) groups excluding carboxylic acids is 2. The van der Waals surface area contributed by atoms with Gasteiger partial charge in [-0.25, -0.2) is 4.98 Å². The van der Waals surface area contributed by atoms with Crippen molar-refractivity contribution in [2.45, 2.75) is 51.8 Å². The second kappa shape index (κ2) is 13.0. The second-order valence-corrected chi connectivity index (χ2v) is 10.0. The highest BCUT2D eigenvalue weighted by atomic mass is 19.4. The summed E-state index contributed by atoms with van der Waals surface area (Å²) in [6, 6.07) is 9.28. The van der Waals surface area contributed by atoms with Crippen molar-refractivity contribution in [2.24, 2.45) is 5.92 Å². The minimum absolute atomic E-state index is 0.0207. The van der Waals surface area contributed by atoms with Gasteiger partial charge in [0, 0.05) is 26.2 Å². The number of ether oxygens (including phenoxy) is 1. The lowest BCUT2D eigenvalue weighted by atomic mass is 9.98. The number of carbonyl (C=O) groups is 2. The van der Waals surface area contributed by atoms with Gasteiger partial charge in [-0.3, -0.25) is 14.5 Å². The summed E-state index contributed by atoms with van der Waals surface area (Å²) >= 11 is 0. The average molecular weight is 598 g/mol. The normalized spacial score (nSPS) is 16.1. The Kier molecular flexibility index (Phi) is 9.60. The molecule has 4 rings (SSSR count). The molecular weight excluding hydrogens is 568 g/mol. The van der Waals surface area contributed by atoms with Crippen LogP contribution in [0.3, 0.4) is 0 Å². The van der Waals surface area contributed by atoms with E-state index in [1.54, 1.807) is 11.8 Å². The van der Waals surface area contributed by atoms with E-state index < -0.39 is 35.3 Å². The highest BCUT2D eigenvalue weighted by Gasteiger charge is 2.33. The predicted molar refractivity (Wildman–Crippen MR) is 138 cm³/mol. The highest BCUT2D eigenvalue weighted by Crippen LogP contribution is 2.31. The zero-order valence-electron chi connectivity index (χ0n) is 22.7. The van der Waals surface area contributed by atoms with Crippen LogP contribution in [-0.2, 0) is 41.5 Å². The number of oxazole rings is 1. The van der Waals surface area contributed by atoms with E-state index in [0.29, 0.717) is 19.4 Å². The third-order valence-electron chi connectivity index (χ3n) is 6.78. The molecule has 42 heavy (non-hydrogen) atoms. The van der Waals surface area contributed by atoms with Crippen molar-refractivity contribution < 1.29 is 45.1 Å². The van der Waals surface area contributed by atoms with Crippen molar-refractivity contribution in [1.29, 1.82) is 0 Å². The molecule has 3 aromatic rings. The third-order valence-corrected chi connectivity index (χ3v) is 6.78. The summed E-state index contributed by atoms with van der Waals surface area (Å²) in [7, 11) is 0. The Labute approximate surface area is 238 Å². The monoisotopic (exact) mass is 597 g/mol. The summed E-state index contributed by atoms with van der Waals surface area (Å²) in [5.74, 6) is -1.24. The summed E-state index contributed by atoms with van der Waals surface area (Å²) in [6.07, 6.45) is -6.80. The lowest BCUT2D eigenvalue weighted by Gasteiger charge is -2.30. The first-order valence-corrected chi connectivity index (χ1v) is 13.3. The fourth-order valence-electron chi connectivity index (χ4n) is 4.83. The van der Waals surface area contributed by atoms with Gasteiger partial charge in [0.05, 0.1) is 30.2 Å². The maximum Gasteiger partial charge on any atom is 0.416 e. The van der Waals surface area contributed by atoms with Crippen LogP contribution in [0.4, 0.5) is 26.3 Å². The first-order chi connectivity index (χ1) is 19.8. The van der Waals surface area contributed by atoms with Crippen LogP contribution in [0.5, 0.6) is 0 Å². The SMILES string of the molecule is CCOC(=O)C1CCCN(C(=O)c2coc(CN(Cc3cccc(C(F)(F)F)c3)Cc3cccc(C(F)(F)F)c3)n2)C1. The van der Waals surface area contributed by atoms with Gasteiger partial charge in [-0.15, -0.1) is 0 Å². The molecule has 1 aromatic heterocycles. The maximum atomic E-state index is 13.3. The van der Waals surface area contributed by atoms with Crippen LogP contribution in [0.25, 0.3) is 0 Å². The molecule has 0 spiro atoms. The summed E-state index contributed by atoms with van der Waals surface area (Å²) in [4.78, 5) is 32.6. The number of hydrogen-bond donors (Lipinski definition) is 0. The van der Waals surface area contributed by atoms with Crippen molar-refractivity contribution in [2.75, 3.05) is 19.7 Å². The minimum Gasteiger partial charge on any atom is -0.466 e. The van der Waals surface area contributed by atoms with Crippen molar-refractivity contribution >= 4 is 11.9 Å². The van der Waals surface area contributed by atoms with Crippen LogP contribution in [-0.4, -0.2) is 46.4 Å². The quantitative estimate of drug-likeness (QED) is 0.212. The molecule has 0 aliphatic carbocycles. The number of amides is 1. The third kappa shape index (κ3) is 8.11.